The Balaban J connectivity index is 1.76. The van der Waals surface area contributed by atoms with Crippen LogP contribution in [0.15, 0.2) is 12.7 Å². The predicted octanol–water partition coefficient (Wildman–Crippen LogP) is 0.176. The Morgan fingerprint density at radius 1 is 1.36 bits per heavy atom. The third-order valence-corrected chi connectivity index (χ3v) is 3.96. The standard InChI is InChI=1S/C14H24N6O2/c1-11(13(21)18(2)3)17-14(22)19-6-4-12(5-7-19)8-20-10-15-9-16-20/h9-12H,4-8H2,1-3H3,(H,17,22)/t11-/m0/s1. The van der Waals surface area contributed by atoms with E-state index < -0.39 is 6.04 Å². The van der Waals surface area contributed by atoms with Crippen molar-refractivity contribution in [1.29, 1.82) is 0 Å². The summed E-state index contributed by atoms with van der Waals surface area (Å²) in [5.41, 5.74) is 0. The number of likely N-dealkylation sites (tertiary alicyclic amines) is 1. The van der Waals surface area contributed by atoms with E-state index in [2.05, 4.69) is 15.4 Å². The Morgan fingerprint density at radius 3 is 2.59 bits per heavy atom. The molecule has 3 amide bonds. The van der Waals surface area contributed by atoms with Crippen molar-refractivity contribution in [3.05, 3.63) is 12.7 Å². The molecule has 0 aliphatic carbocycles. The first-order valence-corrected chi connectivity index (χ1v) is 7.56. The number of piperidine rings is 1. The molecular formula is C14H24N6O2. The lowest BCUT2D eigenvalue weighted by atomic mass is 9.97. The molecule has 1 aromatic heterocycles. The van der Waals surface area contributed by atoms with Gasteiger partial charge in [-0.05, 0) is 25.7 Å². The first-order chi connectivity index (χ1) is 10.5. The number of carbonyl (C=O) groups is 2. The molecule has 0 aromatic carbocycles. The van der Waals surface area contributed by atoms with Gasteiger partial charge in [0.05, 0.1) is 0 Å². The molecule has 1 saturated heterocycles. The number of hydrogen-bond acceptors (Lipinski definition) is 4. The number of urea groups is 1. The molecule has 2 rings (SSSR count). The van der Waals surface area contributed by atoms with E-state index in [4.69, 9.17) is 0 Å². The van der Waals surface area contributed by atoms with Crippen LogP contribution in [0.1, 0.15) is 19.8 Å². The Kier molecular flexibility index (Phi) is 5.35. The minimum Gasteiger partial charge on any atom is -0.347 e. The third kappa shape index (κ3) is 4.19. The summed E-state index contributed by atoms with van der Waals surface area (Å²) in [5.74, 6) is 0.404. The molecule has 1 fully saturated rings. The maximum Gasteiger partial charge on any atom is 0.318 e. The normalized spacial score (nSPS) is 17.1. The van der Waals surface area contributed by atoms with E-state index in [0.29, 0.717) is 19.0 Å². The van der Waals surface area contributed by atoms with Crippen molar-refractivity contribution in [3.63, 3.8) is 0 Å². The van der Waals surface area contributed by atoms with Crippen LogP contribution in [-0.2, 0) is 11.3 Å². The smallest absolute Gasteiger partial charge is 0.318 e. The van der Waals surface area contributed by atoms with Gasteiger partial charge in [0.1, 0.15) is 18.7 Å². The van der Waals surface area contributed by atoms with E-state index in [1.807, 2.05) is 4.68 Å². The van der Waals surface area contributed by atoms with Crippen LogP contribution in [-0.4, -0.2) is 69.7 Å². The van der Waals surface area contributed by atoms with E-state index in [1.54, 1.807) is 32.2 Å². The zero-order valence-electron chi connectivity index (χ0n) is 13.4. The number of hydrogen-bond donors (Lipinski definition) is 1. The van der Waals surface area contributed by atoms with Gasteiger partial charge in [0.25, 0.3) is 0 Å². The van der Waals surface area contributed by atoms with E-state index in [-0.39, 0.29) is 11.9 Å². The summed E-state index contributed by atoms with van der Waals surface area (Å²) in [6, 6.07) is -0.669. The summed E-state index contributed by atoms with van der Waals surface area (Å²) >= 11 is 0. The van der Waals surface area contributed by atoms with Gasteiger partial charge >= 0.3 is 6.03 Å². The van der Waals surface area contributed by atoms with E-state index in [0.717, 1.165) is 19.4 Å². The summed E-state index contributed by atoms with van der Waals surface area (Å²) in [5, 5.41) is 6.87. The second-order valence-corrected chi connectivity index (χ2v) is 5.95. The molecule has 0 spiro atoms. The molecule has 0 unspecified atom stereocenters. The van der Waals surface area contributed by atoms with Gasteiger partial charge in [0.15, 0.2) is 0 Å². The lowest BCUT2D eigenvalue weighted by Crippen LogP contribution is -2.51. The number of rotatable bonds is 4. The van der Waals surface area contributed by atoms with Crippen LogP contribution in [0.2, 0.25) is 0 Å². The lowest BCUT2D eigenvalue weighted by molar-refractivity contribution is -0.130. The fourth-order valence-electron chi connectivity index (χ4n) is 2.64. The molecule has 22 heavy (non-hydrogen) atoms. The summed E-state index contributed by atoms with van der Waals surface area (Å²) in [6.45, 7) is 3.95. The maximum atomic E-state index is 12.2. The molecule has 0 saturated carbocycles. The number of likely N-dealkylation sites (N-methyl/N-ethyl adjacent to an activating group) is 1. The van der Waals surface area contributed by atoms with E-state index >= 15 is 0 Å². The molecule has 1 N–H and O–H groups in total. The molecular weight excluding hydrogens is 284 g/mol. The molecule has 1 atom stereocenters. The average Bonchev–Trinajstić information content (AvgIpc) is 2.99. The first-order valence-electron chi connectivity index (χ1n) is 7.56. The van der Waals surface area contributed by atoms with E-state index in [1.165, 1.54) is 11.2 Å². The molecule has 0 radical (unpaired) electrons. The van der Waals surface area contributed by atoms with Gasteiger partial charge in [0.2, 0.25) is 5.91 Å². The summed E-state index contributed by atoms with van der Waals surface area (Å²) in [7, 11) is 3.36. The fraction of sp³-hybridized carbons (Fsp3) is 0.714. The minimum absolute atomic E-state index is 0.102. The van der Waals surface area contributed by atoms with Crippen molar-refractivity contribution >= 4 is 11.9 Å². The van der Waals surface area contributed by atoms with Gasteiger partial charge in [0, 0.05) is 33.7 Å². The quantitative estimate of drug-likeness (QED) is 0.860. The summed E-state index contributed by atoms with van der Waals surface area (Å²) in [4.78, 5) is 31.1. The highest BCUT2D eigenvalue weighted by molar-refractivity contribution is 5.86. The van der Waals surface area contributed by atoms with Gasteiger partial charge in [-0.3, -0.25) is 9.48 Å². The molecule has 8 heteroatoms. The molecule has 0 bridgehead atoms. The van der Waals surface area contributed by atoms with Gasteiger partial charge in [-0.15, -0.1) is 0 Å². The molecule has 1 aromatic rings. The maximum absolute atomic E-state index is 12.2. The van der Waals surface area contributed by atoms with Crippen LogP contribution >= 0.6 is 0 Å². The second-order valence-electron chi connectivity index (χ2n) is 5.95. The number of carbonyl (C=O) groups excluding carboxylic acids is 2. The van der Waals surface area contributed by atoms with Gasteiger partial charge in [-0.1, -0.05) is 0 Å². The zero-order valence-corrected chi connectivity index (χ0v) is 13.4. The number of nitrogens with one attached hydrogen (secondary N) is 1. The van der Waals surface area contributed by atoms with Crippen LogP contribution in [0.4, 0.5) is 4.79 Å². The Hall–Kier alpha value is -2.12. The average molecular weight is 308 g/mol. The topological polar surface area (TPSA) is 83.4 Å². The molecule has 8 nitrogen and oxygen atoms in total. The Labute approximate surface area is 130 Å². The fourth-order valence-corrected chi connectivity index (χ4v) is 2.64. The van der Waals surface area contributed by atoms with Crippen LogP contribution in [0.25, 0.3) is 0 Å². The third-order valence-electron chi connectivity index (χ3n) is 3.96. The van der Waals surface area contributed by atoms with Crippen LogP contribution in [0.5, 0.6) is 0 Å². The highest BCUT2D eigenvalue weighted by Crippen LogP contribution is 2.18. The summed E-state index contributed by atoms with van der Waals surface area (Å²) < 4.78 is 1.83. The van der Waals surface area contributed by atoms with Crippen LogP contribution in [0.3, 0.4) is 0 Å². The number of amides is 3. The first kappa shape index (κ1) is 16.3. The molecule has 122 valence electrons. The largest absolute Gasteiger partial charge is 0.347 e. The highest BCUT2D eigenvalue weighted by atomic mass is 16.2. The summed E-state index contributed by atoms with van der Waals surface area (Å²) in [6.07, 6.45) is 5.12. The van der Waals surface area contributed by atoms with Crippen molar-refractivity contribution in [2.45, 2.75) is 32.4 Å². The van der Waals surface area contributed by atoms with Crippen molar-refractivity contribution in [3.8, 4) is 0 Å². The van der Waals surface area contributed by atoms with E-state index in [9.17, 15) is 9.59 Å². The minimum atomic E-state index is -0.504. The Morgan fingerprint density at radius 2 is 2.05 bits per heavy atom. The Bertz CT molecular complexity index is 493. The second kappa shape index (κ2) is 7.24. The van der Waals surface area contributed by atoms with Crippen LogP contribution < -0.4 is 5.32 Å². The van der Waals surface area contributed by atoms with Gasteiger partial charge in [-0.25, -0.2) is 9.78 Å². The molecule has 2 heterocycles. The van der Waals surface area contributed by atoms with Gasteiger partial charge < -0.3 is 15.1 Å². The van der Waals surface area contributed by atoms with Gasteiger partial charge in [-0.2, -0.15) is 5.10 Å². The SMILES string of the molecule is C[C@H](NC(=O)N1CCC(Cn2cncn2)CC1)C(=O)N(C)C. The van der Waals surface area contributed by atoms with Crippen molar-refractivity contribution < 1.29 is 9.59 Å². The highest BCUT2D eigenvalue weighted by Gasteiger charge is 2.25. The molecule has 1 aliphatic rings. The van der Waals surface area contributed by atoms with Crippen molar-refractivity contribution in [1.82, 2.24) is 29.9 Å². The van der Waals surface area contributed by atoms with Crippen molar-refractivity contribution in [2.75, 3.05) is 27.2 Å². The van der Waals surface area contributed by atoms with Crippen molar-refractivity contribution in [2.24, 2.45) is 5.92 Å². The zero-order chi connectivity index (χ0) is 16.1. The van der Waals surface area contributed by atoms with Crippen LogP contribution in [0, 0.1) is 5.92 Å². The predicted molar refractivity (Wildman–Crippen MR) is 81.0 cm³/mol. The monoisotopic (exact) mass is 308 g/mol. The lowest BCUT2D eigenvalue weighted by Gasteiger charge is -2.32. The number of aromatic nitrogens is 3. The number of nitrogens with zero attached hydrogens (tertiary/aromatic N) is 5. The molecule has 1 aliphatic heterocycles.